The Morgan fingerprint density at radius 2 is 2.10 bits per heavy atom. The molecule has 21 heavy (non-hydrogen) atoms. The zero-order valence-electron chi connectivity index (χ0n) is 13.0. The Hall–Kier alpha value is -1.71. The molecule has 1 fully saturated rings. The molecule has 1 aromatic carbocycles. The van der Waals surface area contributed by atoms with E-state index in [2.05, 4.69) is 19.2 Å². The number of carbonyl (C=O) groups excluding carboxylic acids is 1. The van der Waals surface area contributed by atoms with Gasteiger partial charge in [-0.15, -0.1) is 0 Å². The van der Waals surface area contributed by atoms with Crippen molar-refractivity contribution in [2.75, 3.05) is 12.3 Å². The number of ether oxygens (including phenoxy) is 1. The van der Waals surface area contributed by atoms with E-state index in [-0.39, 0.29) is 5.91 Å². The normalized spacial score (nSPS) is 15.4. The summed E-state index contributed by atoms with van der Waals surface area (Å²) in [5.41, 5.74) is 7.11. The number of hydrogen-bond donors (Lipinski definition) is 2. The highest BCUT2D eigenvalue weighted by Gasteiger charge is 2.18. The predicted octanol–water partition coefficient (Wildman–Crippen LogP) is 3.37. The molecule has 0 unspecified atom stereocenters. The number of nitrogen functional groups attached to an aromatic ring is 1. The van der Waals surface area contributed by atoms with E-state index in [1.54, 1.807) is 18.2 Å². The average Bonchev–Trinajstić information content (AvgIpc) is 2.93. The van der Waals surface area contributed by atoms with Crippen LogP contribution in [0.25, 0.3) is 0 Å². The number of amides is 1. The smallest absolute Gasteiger partial charge is 0.251 e. The fourth-order valence-electron chi connectivity index (χ4n) is 2.56. The third-order valence-corrected chi connectivity index (χ3v) is 3.92. The quantitative estimate of drug-likeness (QED) is 0.790. The Morgan fingerprint density at radius 3 is 2.71 bits per heavy atom. The van der Waals surface area contributed by atoms with Gasteiger partial charge in [-0.2, -0.15) is 0 Å². The predicted molar refractivity (Wildman–Crippen MR) is 85.5 cm³/mol. The molecule has 0 spiro atoms. The van der Waals surface area contributed by atoms with Crippen molar-refractivity contribution >= 4 is 11.6 Å². The monoisotopic (exact) mass is 290 g/mol. The van der Waals surface area contributed by atoms with Gasteiger partial charge in [0.1, 0.15) is 5.75 Å². The molecule has 4 heteroatoms. The first-order valence-electron chi connectivity index (χ1n) is 7.89. The second-order valence-corrected chi connectivity index (χ2v) is 6.24. The lowest BCUT2D eigenvalue weighted by Gasteiger charge is -2.14. The summed E-state index contributed by atoms with van der Waals surface area (Å²) in [5.74, 6) is 1.22. The van der Waals surface area contributed by atoms with E-state index in [0.29, 0.717) is 35.6 Å². The molecule has 0 radical (unpaired) electrons. The first-order chi connectivity index (χ1) is 10.1. The zero-order chi connectivity index (χ0) is 15.2. The summed E-state index contributed by atoms with van der Waals surface area (Å²) in [5, 5.41) is 3.06. The Bertz CT molecular complexity index is 480. The van der Waals surface area contributed by atoms with Crippen LogP contribution in [-0.4, -0.2) is 18.6 Å². The second-order valence-electron chi connectivity index (χ2n) is 6.24. The van der Waals surface area contributed by atoms with E-state index in [9.17, 15) is 4.79 Å². The maximum atomic E-state index is 12.2. The lowest BCUT2D eigenvalue weighted by molar-refractivity contribution is 0.0938. The van der Waals surface area contributed by atoms with Crippen molar-refractivity contribution in [2.45, 2.75) is 52.0 Å². The van der Waals surface area contributed by atoms with E-state index < -0.39 is 0 Å². The van der Waals surface area contributed by atoms with E-state index in [1.165, 1.54) is 12.8 Å². The first kappa shape index (κ1) is 15.7. The molecule has 116 valence electrons. The van der Waals surface area contributed by atoms with Gasteiger partial charge in [0, 0.05) is 11.6 Å². The molecular weight excluding hydrogens is 264 g/mol. The molecule has 1 aliphatic rings. The van der Waals surface area contributed by atoms with Gasteiger partial charge in [-0.05, 0) is 43.4 Å². The lowest BCUT2D eigenvalue weighted by atomic mass is 10.1. The van der Waals surface area contributed by atoms with Crippen LogP contribution < -0.4 is 15.8 Å². The molecule has 0 heterocycles. The molecule has 0 aromatic heterocycles. The lowest BCUT2D eigenvalue weighted by Crippen LogP contribution is -2.32. The highest BCUT2D eigenvalue weighted by molar-refractivity contribution is 5.95. The summed E-state index contributed by atoms with van der Waals surface area (Å²) in [7, 11) is 0. The Labute approximate surface area is 127 Å². The maximum Gasteiger partial charge on any atom is 0.251 e. The van der Waals surface area contributed by atoms with Gasteiger partial charge in [0.25, 0.3) is 5.91 Å². The summed E-state index contributed by atoms with van der Waals surface area (Å²) in [6.07, 6.45) is 5.56. The van der Waals surface area contributed by atoms with Crippen LogP contribution in [0.4, 0.5) is 5.69 Å². The number of hydrogen-bond acceptors (Lipinski definition) is 3. The highest BCUT2D eigenvalue weighted by Crippen LogP contribution is 2.24. The van der Waals surface area contributed by atoms with Crippen molar-refractivity contribution in [3.05, 3.63) is 23.8 Å². The van der Waals surface area contributed by atoms with Gasteiger partial charge in [0.2, 0.25) is 0 Å². The molecule has 0 saturated heterocycles. The molecule has 4 nitrogen and oxygen atoms in total. The second kappa shape index (κ2) is 7.34. The summed E-state index contributed by atoms with van der Waals surface area (Å²) in [4.78, 5) is 12.2. The SMILES string of the molecule is CC(C)CCOc1ccc(C(=O)NC2CCCC2)cc1N. The van der Waals surface area contributed by atoms with Crippen LogP contribution >= 0.6 is 0 Å². The minimum atomic E-state index is -0.0395. The van der Waals surface area contributed by atoms with Gasteiger partial charge in [-0.1, -0.05) is 26.7 Å². The van der Waals surface area contributed by atoms with Crippen molar-refractivity contribution in [1.29, 1.82) is 0 Å². The van der Waals surface area contributed by atoms with Gasteiger partial charge < -0.3 is 15.8 Å². The van der Waals surface area contributed by atoms with Crippen LogP contribution in [0.1, 0.15) is 56.3 Å². The summed E-state index contributed by atoms with van der Waals surface area (Å²) in [6, 6.07) is 5.60. The van der Waals surface area contributed by atoms with Crippen molar-refractivity contribution < 1.29 is 9.53 Å². The van der Waals surface area contributed by atoms with E-state index >= 15 is 0 Å². The number of benzene rings is 1. The number of nitrogens with two attached hydrogens (primary N) is 1. The van der Waals surface area contributed by atoms with Crippen molar-refractivity contribution in [1.82, 2.24) is 5.32 Å². The van der Waals surface area contributed by atoms with E-state index in [1.807, 2.05) is 0 Å². The molecule has 1 aliphatic carbocycles. The highest BCUT2D eigenvalue weighted by atomic mass is 16.5. The number of carbonyl (C=O) groups is 1. The van der Waals surface area contributed by atoms with Gasteiger partial charge in [0.15, 0.2) is 0 Å². The summed E-state index contributed by atoms with van der Waals surface area (Å²) < 4.78 is 5.66. The van der Waals surface area contributed by atoms with Crippen LogP contribution in [0.3, 0.4) is 0 Å². The summed E-state index contributed by atoms with van der Waals surface area (Å²) in [6.45, 7) is 4.96. The van der Waals surface area contributed by atoms with E-state index in [0.717, 1.165) is 19.3 Å². The average molecular weight is 290 g/mol. The molecule has 2 rings (SSSR count). The topological polar surface area (TPSA) is 64.3 Å². The van der Waals surface area contributed by atoms with Crippen molar-refractivity contribution in [3.8, 4) is 5.75 Å². The standard InChI is InChI=1S/C17H26N2O2/c1-12(2)9-10-21-16-8-7-13(11-15(16)18)17(20)19-14-5-3-4-6-14/h7-8,11-12,14H,3-6,9-10,18H2,1-2H3,(H,19,20). The molecule has 1 aromatic rings. The minimum Gasteiger partial charge on any atom is -0.491 e. The summed E-state index contributed by atoms with van der Waals surface area (Å²) >= 11 is 0. The molecule has 3 N–H and O–H groups in total. The van der Waals surface area contributed by atoms with Gasteiger partial charge in [-0.3, -0.25) is 4.79 Å². The Morgan fingerprint density at radius 1 is 1.38 bits per heavy atom. The van der Waals surface area contributed by atoms with Gasteiger partial charge >= 0.3 is 0 Å². The van der Waals surface area contributed by atoms with E-state index in [4.69, 9.17) is 10.5 Å². The van der Waals surface area contributed by atoms with Crippen LogP contribution in [-0.2, 0) is 0 Å². The molecule has 0 bridgehead atoms. The molecule has 1 amide bonds. The first-order valence-corrected chi connectivity index (χ1v) is 7.89. The van der Waals surface area contributed by atoms with Crippen molar-refractivity contribution in [2.24, 2.45) is 5.92 Å². The molecular formula is C17H26N2O2. The number of nitrogens with one attached hydrogen (secondary N) is 1. The largest absolute Gasteiger partial charge is 0.491 e. The van der Waals surface area contributed by atoms with Crippen LogP contribution in [0.2, 0.25) is 0 Å². The molecule has 1 saturated carbocycles. The van der Waals surface area contributed by atoms with Crippen LogP contribution in [0, 0.1) is 5.92 Å². The van der Waals surface area contributed by atoms with Gasteiger partial charge in [0.05, 0.1) is 12.3 Å². The van der Waals surface area contributed by atoms with Gasteiger partial charge in [-0.25, -0.2) is 0 Å². The number of anilines is 1. The van der Waals surface area contributed by atoms with Crippen LogP contribution in [0.5, 0.6) is 5.75 Å². The Balaban J connectivity index is 1.92. The number of rotatable bonds is 6. The fourth-order valence-corrected chi connectivity index (χ4v) is 2.56. The zero-order valence-corrected chi connectivity index (χ0v) is 13.0. The molecule has 0 atom stereocenters. The van der Waals surface area contributed by atoms with Crippen LogP contribution in [0.15, 0.2) is 18.2 Å². The third kappa shape index (κ3) is 4.66. The third-order valence-electron chi connectivity index (χ3n) is 3.92. The molecule has 0 aliphatic heterocycles. The van der Waals surface area contributed by atoms with Crippen molar-refractivity contribution in [3.63, 3.8) is 0 Å². The minimum absolute atomic E-state index is 0.0395. The fraction of sp³-hybridized carbons (Fsp3) is 0.588. The Kier molecular flexibility index (Phi) is 5.48. The maximum absolute atomic E-state index is 12.2.